The van der Waals surface area contributed by atoms with Crippen LogP contribution < -0.4 is 5.73 Å². The van der Waals surface area contributed by atoms with Crippen LogP contribution in [0.2, 0.25) is 0 Å². The first-order valence-corrected chi connectivity index (χ1v) is 5.11. The number of likely N-dealkylation sites (tertiary alicyclic amines) is 1. The molecule has 0 aromatic rings. The molecule has 2 aliphatic heterocycles. The fraction of sp³-hybridized carbons (Fsp3) is 0.889. The van der Waals surface area contributed by atoms with Crippen LogP contribution in [0.5, 0.6) is 0 Å². The van der Waals surface area contributed by atoms with Gasteiger partial charge in [-0.15, -0.1) is 0 Å². The average molecular weight is 199 g/mol. The van der Waals surface area contributed by atoms with Gasteiger partial charge in [0.15, 0.2) is 5.84 Å². The van der Waals surface area contributed by atoms with E-state index in [2.05, 4.69) is 17.0 Å². The van der Waals surface area contributed by atoms with Crippen LogP contribution in [0.25, 0.3) is 0 Å². The summed E-state index contributed by atoms with van der Waals surface area (Å²) in [5.41, 5.74) is 5.66. The Bertz CT molecular complexity index is 244. The van der Waals surface area contributed by atoms with Crippen molar-refractivity contribution in [1.82, 2.24) is 4.90 Å². The molecule has 0 aromatic carbocycles. The number of morpholine rings is 1. The molecule has 2 heterocycles. The maximum Gasteiger partial charge on any atom is 0.156 e. The number of hydrogen-bond donors (Lipinski definition) is 2. The van der Waals surface area contributed by atoms with Crippen molar-refractivity contribution in [3.63, 3.8) is 0 Å². The molecule has 0 aliphatic carbocycles. The van der Waals surface area contributed by atoms with Gasteiger partial charge >= 0.3 is 0 Å². The molecule has 2 rings (SSSR count). The third-order valence-electron chi connectivity index (χ3n) is 3.19. The van der Waals surface area contributed by atoms with Crippen LogP contribution in [-0.4, -0.2) is 47.3 Å². The first kappa shape index (κ1) is 9.73. The molecule has 0 aromatic heterocycles. The second-order valence-corrected chi connectivity index (χ2v) is 3.99. The maximum atomic E-state index is 8.67. The zero-order valence-electron chi connectivity index (χ0n) is 8.39. The molecule has 2 fully saturated rings. The molecule has 0 saturated carbocycles. The molecule has 0 spiro atoms. The Labute approximate surface area is 83.5 Å². The molecule has 2 saturated heterocycles. The standard InChI is InChI=1S/C9H17N3O2/c1-2-8(9(10)11-13)12-4-7-3-6(12)5-14-7/h6-8,13H,2-5H2,1H3,(H2,10,11). The van der Waals surface area contributed by atoms with Gasteiger partial charge in [0, 0.05) is 12.6 Å². The molecule has 80 valence electrons. The summed E-state index contributed by atoms with van der Waals surface area (Å²) < 4.78 is 5.51. The van der Waals surface area contributed by atoms with Gasteiger partial charge in [0.05, 0.1) is 18.8 Å². The first-order valence-electron chi connectivity index (χ1n) is 5.11. The Morgan fingerprint density at radius 1 is 1.79 bits per heavy atom. The molecule has 0 amide bonds. The average Bonchev–Trinajstić information content (AvgIpc) is 2.80. The van der Waals surface area contributed by atoms with Crippen molar-refractivity contribution in [2.24, 2.45) is 10.9 Å². The van der Waals surface area contributed by atoms with Gasteiger partial charge in [0.2, 0.25) is 0 Å². The van der Waals surface area contributed by atoms with Gasteiger partial charge < -0.3 is 15.7 Å². The minimum absolute atomic E-state index is 0.0684. The van der Waals surface area contributed by atoms with Crippen LogP contribution in [0.1, 0.15) is 19.8 Å². The number of hydrogen-bond acceptors (Lipinski definition) is 4. The minimum atomic E-state index is 0.0684. The lowest BCUT2D eigenvalue weighted by Crippen LogP contribution is -2.50. The highest BCUT2D eigenvalue weighted by atomic mass is 16.5. The van der Waals surface area contributed by atoms with Crippen molar-refractivity contribution in [1.29, 1.82) is 0 Å². The van der Waals surface area contributed by atoms with Crippen molar-refractivity contribution in [2.45, 2.75) is 38.0 Å². The number of rotatable bonds is 3. The van der Waals surface area contributed by atoms with Crippen molar-refractivity contribution < 1.29 is 9.94 Å². The molecule has 3 unspecified atom stereocenters. The van der Waals surface area contributed by atoms with E-state index in [1.165, 1.54) is 0 Å². The third-order valence-corrected chi connectivity index (χ3v) is 3.19. The Hall–Kier alpha value is -0.810. The maximum absolute atomic E-state index is 8.67. The fourth-order valence-corrected chi connectivity index (χ4v) is 2.49. The van der Waals surface area contributed by atoms with Gasteiger partial charge in [-0.05, 0) is 12.8 Å². The van der Waals surface area contributed by atoms with Gasteiger partial charge in [-0.1, -0.05) is 12.1 Å². The van der Waals surface area contributed by atoms with E-state index in [1.54, 1.807) is 0 Å². The smallest absolute Gasteiger partial charge is 0.156 e. The molecular weight excluding hydrogens is 182 g/mol. The summed E-state index contributed by atoms with van der Waals surface area (Å²) in [4.78, 5) is 2.29. The normalized spacial score (nSPS) is 35.1. The van der Waals surface area contributed by atoms with Gasteiger partial charge in [-0.3, -0.25) is 4.90 Å². The van der Waals surface area contributed by atoms with Crippen LogP contribution in [0, 0.1) is 0 Å². The Kier molecular flexibility index (Phi) is 2.60. The van der Waals surface area contributed by atoms with Crippen molar-refractivity contribution >= 4 is 5.84 Å². The van der Waals surface area contributed by atoms with E-state index in [4.69, 9.17) is 15.7 Å². The van der Waals surface area contributed by atoms with Crippen molar-refractivity contribution in [3.05, 3.63) is 0 Å². The molecule has 2 aliphatic rings. The zero-order chi connectivity index (χ0) is 10.1. The summed E-state index contributed by atoms with van der Waals surface area (Å²) in [6.45, 7) is 3.76. The Morgan fingerprint density at radius 2 is 2.57 bits per heavy atom. The van der Waals surface area contributed by atoms with E-state index >= 15 is 0 Å². The molecule has 5 heteroatoms. The van der Waals surface area contributed by atoms with E-state index < -0.39 is 0 Å². The summed E-state index contributed by atoms with van der Waals surface area (Å²) in [6, 6.07) is 0.532. The number of amidine groups is 1. The predicted molar refractivity (Wildman–Crippen MR) is 52.3 cm³/mol. The summed E-state index contributed by atoms with van der Waals surface area (Å²) in [5, 5.41) is 11.8. The van der Waals surface area contributed by atoms with Gasteiger partial charge in [0.25, 0.3) is 0 Å². The molecular formula is C9H17N3O2. The van der Waals surface area contributed by atoms with E-state index in [0.717, 1.165) is 26.0 Å². The summed E-state index contributed by atoms with van der Waals surface area (Å²) in [5.74, 6) is 0.319. The Morgan fingerprint density at radius 3 is 3.00 bits per heavy atom. The lowest BCUT2D eigenvalue weighted by molar-refractivity contribution is 0.0215. The molecule has 3 atom stereocenters. The summed E-state index contributed by atoms with van der Waals surface area (Å²) >= 11 is 0. The number of ether oxygens (including phenoxy) is 1. The van der Waals surface area contributed by atoms with Gasteiger partial charge in [-0.25, -0.2) is 0 Å². The third kappa shape index (κ3) is 1.46. The number of fused-ring (bicyclic) bond motifs is 2. The highest BCUT2D eigenvalue weighted by molar-refractivity contribution is 5.85. The fourth-order valence-electron chi connectivity index (χ4n) is 2.49. The van der Waals surface area contributed by atoms with E-state index in [1.807, 2.05) is 0 Å². The lowest BCUT2D eigenvalue weighted by Gasteiger charge is -2.33. The SMILES string of the molecule is CCC(/C(N)=N/O)N1CC2CC1CO2. The quantitative estimate of drug-likeness (QED) is 0.290. The van der Waals surface area contributed by atoms with Crippen LogP contribution in [0.4, 0.5) is 0 Å². The zero-order valence-corrected chi connectivity index (χ0v) is 8.39. The summed E-state index contributed by atoms with van der Waals surface area (Å²) in [6.07, 6.45) is 2.33. The van der Waals surface area contributed by atoms with Gasteiger partial charge in [-0.2, -0.15) is 0 Å². The molecule has 14 heavy (non-hydrogen) atoms. The first-order chi connectivity index (χ1) is 6.76. The van der Waals surface area contributed by atoms with E-state index in [0.29, 0.717) is 18.0 Å². The lowest BCUT2D eigenvalue weighted by atomic mass is 10.1. The van der Waals surface area contributed by atoms with Crippen molar-refractivity contribution in [2.75, 3.05) is 13.2 Å². The van der Waals surface area contributed by atoms with Crippen molar-refractivity contribution in [3.8, 4) is 0 Å². The topological polar surface area (TPSA) is 71.1 Å². The second-order valence-electron chi connectivity index (χ2n) is 3.99. The van der Waals surface area contributed by atoms with Crippen LogP contribution >= 0.6 is 0 Å². The predicted octanol–water partition coefficient (Wildman–Crippen LogP) is -0.0155. The van der Waals surface area contributed by atoms with Crippen LogP contribution in [-0.2, 0) is 4.74 Å². The molecule has 3 N–H and O–H groups in total. The monoisotopic (exact) mass is 199 g/mol. The highest BCUT2D eigenvalue weighted by Crippen LogP contribution is 2.30. The summed E-state index contributed by atoms with van der Waals surface area (Å²) in [7, 11) is 0. The Balaban J connectivity index is 2.06. The van der Waals surface area contributed by atoms with E-state index in [9.17, 15) is 0 Å². The minimum Gasteiger partial charge on any atom is -0.409 e. The molecule has 2 bridgehead atoms. The molecule has 5 nitrogen and oxygen atoms in total. The highest BCUT2D eigenvalue weighted by Gasteiger charge is 2.42. The number of nitrogens with two attached hydrogens (primary N) is 1. The van der Waals surface area contributed by atoms with Crippen LogP contribution in [0.15, 0.2) is 5.16 Å². The number of oxime groups is 1. The molecule has 0 radical (unpaired) electrons. The van der Waals surface area contributed by atoms with Gasteiger partial charge in [0.1, 0.15) is 0 Å². The largest absolute Gasteiger partial charge is 0.409 e. The van der Waals surface area contributed by atoms with Crippen LogP contribution in [0.3, 0.4) is 0 Å². The van der Waals surface area contributed by atoms with E-state index in [-0.39, 0.29) is 6.04 Å². The second kappa shape index (κ2) is 3.74. The number of nitrogens with zero attached hydrogens (tertiary/aromatic N) is 2.